The summed E-state index contributed by atoms with van der Waals surface area (Å²) in [7, 11) is 0. The van der Waals surface area contributed by atoms with Crippen molar-refractivity contribution in [1.29, 1.82) is 0 Å². The zero-order valence-corrected chi connectivity index (χ0v) is 16.6. The highest BCUT2D eigenvalue weighted by Gasteiger charge is 2.40. The van der Waals surface area contributed by atoms with Gasteiger partial charge in [0.25, 0.3) is 0 Å². The summed E-state index contributed by atoms with van der Waals surface area (Å²) in [4.78, 5) is 18.7. The molecule has 2 aromatic rings. The first-order chi connectivity index (χ1) is 13.5. The van der Waals surface area contributed by atoms with E-state index in [9.17, 15) is 9.90 Å². The van der Waals surface area contributed by atoms with Crippen LogP contribution in [0.3, 0.4) is 0 Å². The summed E-state index contributed by atoms with van der Waals surface area (Å²) in [5.74, 6) is 0.346. The first-order valence-electron chi connectivity index (χ1n) is 9.61. The molecule has 0 saturated carbocycles. The number of carbonyl (C=O) groups is 1. The number of hydrogen-bond donors (Lipinski definition) is 2. The monoisotopic (exact) mass is 397 g/mol. The van der Waals surface area contributed by atoms with E-state index in [0.29, 0.717) is 24.5 Å². The number of para-hydroxylation sites is 1. The van der Waals surface area contributed by atoms with Crippen LogP contribution in [0.25, 0.3) is 0 Å². The van der Waals surface area contributed by atoms with Gasteiger partial charge in [0.15, 0.2) is 0 Å². The summed E-state index contributed by atoms with van der Waals surface area (Å²) in [6.45, 7) is 2.96. The molecule has 2 N–H and O–H groups in total. The van der Waals surface area contributed by atoms with E-state index < -0.39 is 5.66 Å². The van der Waals surface area contributed by atoms with Gasteiger partial charge in [0, 0.05) is 61.6 Å². The van der Waals surface area contributed by atoms with E-state index in [0.717, 1.165) is 29.7 Å². The lowest BCUT2D eigenvalue weighted by molar-refractivity contribution is -0.130. The topological polar surface area (TPSA) is 64.9 Å². The van der Waals surface area contributed by atoms with Crippen molar-refractivity contribution in [1.82, 2.24) is 10.2 Å². The zero-order valence-electron chi connectivity index (χ0n) is 15.9. The number of hydrogen-bond acceptors (Lipinski definition) is 4. The van der Waals surface area contributed by atoms with E-state index in [1.54, 1.807) is 13.0 Å². The second-order valence-corrected chi connectivity index (χ2v) is 8.00. The Balaban J connectivity index is 1.70. The van der Waals surface area contributed by atoms with Gasteiger partial charge in [-0.05, 0) is 29.8 Å². The van der Waals surface area contributed by atoms with Crippen LogP contribution in [0.1, 0.15) is 43.4 Å². The van der Waals surface area contributed by atoms with Crippen LogP contribution in [-0.2, 0) is 4.79 Å². The highest BCUT2D eigenvalue weighted by Crippen LogP contribution is 2.36. The summed E-state index contributed by atoms with van der Waals surface area (Å²) >= 11 is 6.07. The van der Waals surface area contributed by atoms with Crippen molar-refractivity contribution in [2.75, 3.05) is 13.1 Å². The molecule has 2 aromatic carbocycles. The fraction of sp³-hybridized carbons (Fsp3) is 0.364. The fourth-order valence-electron chi connectivity index (χ4n) is 4.14. The van der Waals surface area contributed by atoms with Crippen LogP contribution in [0.4, 0.5) is 0 Å². The predicted molar refractivity (Wildman–Crippen MR) is 111 cm³/mol. The number of aliphatic imine (C=N–C) groups is 1. The molecule has 28 heavy (non-hydrogen) atoms. The van der Waals surface area contributed by atoms with Crippen molar-refractivity contribution >= 4 is 23.2 Å². The van der Waals surface area contributed by atoms with E-state index in [-0.39, 0.29) is 17.7 Å². The first kappa shape index (κ1) is 19.0. The molecule has 6 heteroatoms. The number of phenols is 1. The van der Waals surface area contributed by atoms with Gasteiger partial charge in [-0.3, -0.25) is 15.1 Å². The van der Waals surface area contributed by atoms with Crippen molar-refractivity contribution in [3.63, 3.8) is 0 Å². The number of nitrogens with one attached hydrogen (secondary N) is 1. The Morgan fingerprint density at radius 3 is 2.50 bits per heavy atom. The van der Waals surface area contributed by atoms with Gasteiger partial charge in [-0.25, -0.2) is 0 Å². The SMILES string of the molecule is CC(=O)N1CCC2(CC1)N=C(c1ccccc1O)C[C@@H](c1ccc(Cl)cc1)N2. The number of phenolic OH excluding ortho intramolecular Hbond substituents is 1. The molecule has 1 atom stereocenters. The van der Waals surface area contributed by atoms with Gasteiger partial charge in [0.1, 0.15) is 11.4 Å². The van der Waals surface area contributed by atoms with E-state index in [2.05, 4.69) is 5.32 Å². The second kappa shape index (κ2) is 7.57. The Hall–Kier alpha value is -2.37. The van der Waals surface area contributed by atoms with Crippen LogP contribution in [0, 0.1) is 0 Å². The molecule has 4 rings (SSSR count). The summed E-state index contributed by atoms with van der Waals surface area (Å²) in [5, 5.41) is 14.8. The molecular weight excluding hydrogens is 374 g/mol. The smallest absolute Gasteiger partial charge is 0.219 e. The predicted octanol–water partition coefficient (Wildman–Crippen LogP) is 3.91. The molecule has 2 aliphatic heterocycles. The van der Waals surface area contributed by atoms with Crippen molar-refractivity contribution in [3.05, 3.63) is 64.7 Å². The van der Waals surface area contributed by atoms with Crippen LogP contribution < -0.4 is 5.32 Å². The quantitative estimate of drug-likeness (QED) is 0.807. The molecule has 1 saturated heterocycles. The van der Waals surface area contributed by atoms with Crippen LogP contribution in [-0.4, -0.2) is 40.4 Å². The van der Waals surface area contributed by atoms with Gasteiger partial charge >= 0.3 is 0 Å². The van der Waals surface area contributed by atoms with Crippen molar-refractivity contribution < 1.29 is 9.90 Å². The lowest BCUT2D eigenvalue weighted by Crippen LogP contribution is -2.56. The number of halogens is 1. The summed E-state index contributed by atoms with van der Waals surface area (Å²) in [5.41, 5.74) is 2.37. The molecule has 0 aliphatic carbocycles. The molecule has 0 radical (unpaired) electrons. The highest BCUT2D eigenvalue weighted by molar-refractivity contribution is 6.30. The van der Waals surface area contributed by atoms with E-state index in [1.807, 2.05) is 47.4 Å². The third kappa shape index (κ3) is 3.77. The maximum absolute atomic E-state index is 11.7. The first-order valence-corrected chi connectivity index (χ1v) is 9.99. The molecule has 146 valence electrons. The Bertz CT molecular complexity index is 902. The van der Waals surface area contributed by atoms with Crippen LogP contribution in [0.2, 0.25) is 5.02 Å². The normalized spacial score (nSPS) is 21.4. The number of amides is 1. The lowest BCUT2D eigenvalue weighted by Gasteiger charge is -2.45. The average Bonchev–Trinajstić information content (AvgIpc) is 2.69. The van der Waals surface area contributed by atoms with Gasteiger partial charge in [-0.1, -0.05) is 35.9 Å². The van der Waals surface area contributed by atoms with E-state index in [4.69, 9.17) is 16.6 Å². The highest BCUT2D eigenvalue weighted by atomic mass is 35.5. The number of carbonyl (C=O) groups excluding carboxylic acids is 1. The molecular formula is C22H24ClN3O2. The molecule has 1 amide bonds. The fourth-order valence-corrected chi connectivity index (χ4v) is 4.26. The van der Waals surface area contributed by atoms with E-state index in [1.165, 1.54) is 0 Å². The van der Waals surface area contributed by atoms with Crippen LogP contribution in [0.5, 0.6) is 5.75 Å². The summed E-state index contributed by atoms with van der Waals surface area (Å²) < 4.78 is 0. The van der Waals surface area contributed by atoms with E-state index >= 15 is 0 Å². The summed E-state index contributed by atoms with van der Waals surface area (Å²) in [6.07, 6.45) is 2.17. The Labute approximate surface area is 170 Å². The van der Waals surface area contributed by atoms with Gasteiger partial charge in [-0.15, -0.1) is 0 Å². The molecule has 5 nitrogen and oxygen atoms in total. The van der Waals surface area contributed by atoms with Gasteiger partial charge < -0.3 is 10.0 Å². The Kier molecular flexibility index (Phi) is 5.13. The molecule has 2 heterocycles. The maximum atomic E-state index is 11.7. The third-order valence-corrected chi connectivity index (χ3v) is 5.96. The minimum atomic E-state index is -0.438. The maximum Gasteiger partial charge on any atom is 0.219 e. The Morgan fingerprint density at radius 2 is 1.86 bits per heavy atom. The third-order valence-electron chi connectivity index (χ3n) is 5.71. The Morgan fingerprint density at radius 1 is 1.18 bits per heavy atom. The number of aromatic hydroxyl groups is 1. The van der Waals surface area contributed by atoms with Crippen molar-refractivity contribution in [2.24, 2.45) is 4.99 Å². The minimum Gasteiger partial charge on any atom is -0.507 e. The zero-order chi connectivity index (χ0) is 19.7. The van der Waals surface area contributed by atoms with Crippen molar-refractivity contribution in [2.45, 2.75) is 37.9 Å². The van der Waals surface area contributed by atoms with Gasteiger partial charge in [0.05, 0.1) is 0 Å². The molecule has 2 aliphatic rings. The lowest BCUT2D eigenvalue weighted by atomic mass is 9.87. The van der Waals surface area contributed by atoms with Crippen LogP contribution >= 0.6 is 11.6 Å². The van der Waals surface area contributed by atoms with Gasteiger partial charge in [-0.2, -0.15) is 0 Å². The minimum absolute atomic E-state index is 0.0632. The second-order valence-electron chi connectivity index (χ2n) is 7.57. The van der Waals surface area contributed by atoms with Crippen molar-refractivity contribution in [3.8, 4) is 5.75 Å². The molecule has 0 unspecified atom stereocenters. The number of piperidine rings is 1. The molecule has 1 spiro atoms. The molecule has 1 fully saturated rings. The summed E-state index contributed by atoms with van der Waals surface area (Å²) in [6, 6.07) is 15.3. The number of rotatable bonds is 2. The molecule has 0 bridgehead atoms. The molecule has 0 aromatic heterocycles. The number of likely N-dealkylation sites (tertiary alicyclic amines) is 1. The number of benzene rings is 2. The largest absolute Gasteiger partial charge is 0.507 e. The average molecular weight is 398 g/mol. The number of nitrogens with zero attached hydrogens (tertiary/aromatic N) is 2. The standard InChI is InChI=1S/C22H24ClN3O2/c1-15(27)26-12-10-22(11-13-26)24-19(16-6-8-17(23)9-7-16)14-20(25-22)18-4-2-3-5-21(18)28/h2-9,19,24,28H,10-14H2,1H3/t19-/m0/s1. The van der Waals surface area contributed by atoms with Crippen LogP contribution in [0.15, 0.2) is 53.5 Å². The van der Waals surface area contributed by atoms with Gasteiger partial charge in [0.2, 0.25) is 5.91 Å².